The Balaban J connectivity index is 1.95. The van der Waals surface area contributed by atoms with Gasteiger partial charge in [-0.15, -0.1) is 0 Å². The van der Waals surface area contributed by atoms with Gasteiger partial charge in [-0.2, -0.15) is 5.10 Å². The van der Waals surface area contributed by atoms with Gasteiger partial charge < -0.3 is 5.32 Å². The lowest BCUT2D eigenvalue weighted by molar-refractivity contribution is 0.507. The number of nitrogens with zero attached hydrogens (tertiary/aromatic N) is 2. The molecule has 3 heteroatoms. The molecule has 0 aliphatic heterocycles. The van der Waals surface area contributed by atoms with E-state index in [0.717, 1.165) is 12.2 Å². The van der Waals surface area contributed by atoms with E-state index in [9.17, 15) is 0 Å². The van der Waals surface area contributed by atoms with E-state index in [4.69, 9.17) is 0 Å². The Morgan fingerprint density at radius 1 is 1.33 bits per heavy atom. The van der Waals surface area contributed by atoms with Crippen molar-refractivity contribution in [3.05, 3.63) is 29.1 Å². The maximum absolute atomic E-state index is 4.47. The molecule has 1 aromatic rings. The van der Waals surface area contributed by atoms with E-state index >= 15 is 0 Å². The highest BCUT2D eigenvalue weighted by Crippen LogP contribution is 2.15. The van der Waals surface area contributed by atoms with Crippen LogP contribution in [-0.4, -0.2) is 15.8 Å². The van der Waals surface area contributed by atoms with Crippen molar-refractivity contribution < 1.29 is 0 Å². The number of hydrogen-bond donors (Lipinski definition) is 1. The highest BCUT2D eigenvalue weighted by Gasteiger charge is 2.11. The highest BCUT2D eigenvalue weighted by atomic mass is 15.3. The number of rotatable bonds is 3. The lowest BCUT2D eigenvalue weighted by Gasteiger charge is -2.17. The van der Waals surface area contributed by atoms with Crippen LogP contribution in [0.4, 0.5) is 0 Å². The van der Waals surface area contributed by atoms with Crippen LogP contribution in [0.25, 0.3) is 0 Å². The van der Waals surface area contributed by atoms with E-state index < -0.39 is 0 Å². The summed E-state index contributed by atoms with van der Waals surface area (Å²) in [7, 11) is 2.02. The third-order valence-electron chi connectivity index (χ3n) is 3.95. The van der Waals surface area contributed by atoms with Crippen molar-refractivity contribution in [3.8, 4) is 0 Å². The summed E-state index contributed by atoms with van der Waals surface area (Å²) in [5.41, 5.74) is 3.78. The van der Waals surface area contributed by atoms with Crippen LogP contribution in [0.5, 0.6) is 0 Å². The maximum Gasteiger partial charge on any atom is 0.0641 e. The minimum Gasteiger partial charge on any atom is -0.306 e. The first-order chi connectivity index (χ1) is 8.68. The summed E-state index contributed by atoms with van der Waals surface area (Å²) in [6.07, 6.45) is 11.2. The Hall–Kier alpha value is -1.09. The van der Waals surface area contributed by atoms with Crippen LogP contribution in [0.1, 0.15) is 49.1 Å². The van der Waals surface area contributed by atoms with Gasteiger partial charge in [0.15, 0.2) is 0 Å². The molecule has 2 rings (SSSR count). The molecule has 18 heavy (non-hydrogen) atoms. The molecular weight excluding hydrogens is 222 g/mol. The van der Waals surface area contributed by atoms with Crippen molar-refractivity contribution in [1.82, 2.24) is 15.1 Å². The first-order valence-corrected chi connectivity index (χ1v) is 7.07. The lowest BCUT2D eigenvalue weighted by Crippen LogP contribution is -2.27. The molecule has 1 aromatic heterocycles. The van der Waals surface area contributed by atoms with Gasteiger partial charge in [0.25, 0.3) is 0 Å². The predicted molar refractivity (Wildman–Crippen MR) is 75.5 cm³/mol. The van der Waals surface area contributed by atoms with Gasteiger partial charge >= 0.3 is 0 Å². The molecule has 3 nitrogen and oxygen atoms in total. The number of aromatic nitrogens is 2. The summed E-state index contributed by atoms with van der Waals surface area (Å²) in [6, 6.07) is 0.532. The lowest BCUT2D eigenvalue weighted by atomic mass is 10.0. The molecule has 1 aliphatic rings. The highest BCUT2D eigenvalue weighted by molar-refractivity contribution is 5.24. The minimum absolute atomic E-state index is 0.532. The molecule has 0 aromatic carbocycles. The summed E-state index contributed by atoms with van der Waals surface area (Å²) in [5, 5.41) is 8.13. The van der Waals surface area contributed by atoms with E-state index in [1.807, 2.05) is 11.7 Å². The SMILES string of the molecule is Cc1nn(C)c(C)c1CNC1/C=C/CCCCC1. The third kappa shape index (κ3) is 3.22. The average molecular weight is 247 g/mol. The normalized spacial score (nSPS) is 22.5. The van der Waals surface area contributed by atoms with Crippen LogP contribution in [0.3, 0.4) is 0 Å². The van der Waals surface area contributed by atoms with Crippen molar-refractivity contribution in [1.29, 1.82) is 0 Å². The summed E-state index contributed by atoms with van der Waals surface area (Å²) in [6.45, 7) is 5.17. The van der Waals surface area contributed by atoms with E-state index in [0.29, 0.717) is 6.04 Å². The van der Waals surface area contributed by atoms with E-state index in [1.54, 1.807) is 0 Å². The van der Waals surface area contributed by atoms with Crippen molar-refractivity contribution in [3.63, 3.8) is 0 Å². The molecule has 0 amide bonds. The van der Waals surface area contributed by atoms with Crippen LogP contribution in [0, 0.1) is 13.8 Å². The topological polar surface area (TPSA) is 29.9 Å². The molecule has 1 heterocycles. The average Bonchev–Trinajstić information content (AvgIpc) is 2.53. The molecule has 0 saturated carbocycles. The second-order valence-corrected chi connectivity index (χ2v) is 5.33. The molecule has 1 atom stereocenters. The second-order valence-electron chi connectivity index (χ2n) is 5.33. The van der Waals surface area contributed by atoms with Crippen molar-refractivity contribution in [2.45, 2.75) is 58.5 Å². The van der Waals surface area contributed by atoms with Gasteiger partial charge in [0.1, 0.15) is 0 Å². The molecule has 1 unspecified atom stereocenters. The number of aryl methyl sites for hydroxylation is 2. The van der Waals surface area contributed by atoms with E-state index in [-0.39, 0.29) is 0 Å². The number of hydrogen-bond acceptors (Lipinski definition) is 2. The quantitative estimate of drug-likeness (QED) is 0.832. The molecular formula is C15H25N3. The van der Waals surface area contributed by atoms with Gasteiger partial charge in [0, 0.05) is 30.9 Å². The molecule has 0 bridgehead atoms. The Kier molecular flexibility index (Phi) is 4.59. The summed E-state index contributed by atoms with van der Waals surface area (Å²) in [5.74, 6) is 0. The van der Waals surface area contributed by atoms with Gasteiger partial charge in [-0.3, -0.25) is 4.68 Å². The fourth-order valence-electron chi connectivity index (χ4n) is 2.64. The summed E-state index contributed by atoms with van der Waals surface area (Å²) < 4.78 is 1.97. The summed E-state index contributed by atoms with van der Waals surface area (Å²) in [4.78, 5) is 0. The molecule has 0 spiro atoms. The zero-order valence-electron chi connectivity index (χ0n) is 11.9. The van der Waals surface area contributed by atoms with Crippen LogP contribution < -0.4 is 5.32 Å². The maximum atomic E-state index is 4.47. The van der Waals surface area contributed by atoms with E-state index in [1.165, 1.54) is 43.4 Å². The fraction of sp³-hybridized carbons (Fsp3) is 0.667. The van der Waals surface area contributed by atoms with Gasteiger partial charge in [0.2, 0.25) is 0 Å². The summed E-state index contributed by atoms with van der Waals surface area (Å²) >= 11 is 0. The third-order valence-corrected chi connectivity index (χ3v) is 3.95. The van der Waals surface area contributed by atoms with Gasteiger partial charge in [0.05, 0.1) is 5.69 Å². The van der Waals surface area contributed by atoms with E-state index in [2.05, 4.69) is 36.4 Å². The predicted octanol–water partition coefficient (Wildman–Crippen LogP) is 3.02. The first-order valence-electron chi connectivity index (χ1n) is 7.07. The van der Waals surface area contributed by atoms with Crippen molar-refractivity contribution >= 4 is 0 Å². The molecule has 1 aliphatic carbocycles. The molecule has 0 saturated heterocycles. The van der Waals surface area contributed by atoms with Crippen LogP contribution in [0.15, 0.2) is 12.2 Å². The van der Waals surface area contributed by atoms with Crippen LogP contribution >= 0.6 is 0 Å². The Bertz CT molecular complexity index is 418. The van der Waals surface area contributed by atoms with Crippen LogP contribution in [-0.2, 0) is 13.6 Å². The van der Waals surface area contributed by atoms with Gasteiger partial charge in [-0.1, -0.05) is 25.0 Å². The molecule has 1 N–H and O–H groups in total. The standard InChI is InChI=1S/C15H25N3/c1-12-15(13(2)18(3)17-12)11-16-14-9-7-5-4-6-8-10-14/h7,9,14,16H,4-6,8,10-11H2,1-3H3/b9-7+. The smallest absolute Gasteiger partial charge is 0.0641 e. The zero-order valence-corrected chi connectivity index (χ0v) is 11.9. The Morgan fingerprint density at radius 3 is 2.89 bits per heavy atom. The molecule has 0 fully saturated rings. The number of allylic oxidation sites excluding steroid dienone is 1. The van der Waals surface area contributed by atoms with Crippen molar-refractivity contribution in [2.75, 3.05) is 0 Å². The molecule has 100 valence electrons. The first kappa shape index (κ1) is 13.3. The minimum atomic E-state index is 0.532. The van der Waals surface area contributed by atoms with Gasteiger partial charge in [-0.05, 0) is 33.1 Å². The molecule has 0 radical (unpaired) electrons. The Labute approximate surface area is 110 Å². The zero-order chi connectivity index (χ0) is 13.0. The van der Waals surface area contributed by atoms with Crippen molar-refractivity contribution in [2.24, 2.45) is 7.05 Å². The Morgan fingerprint density at radius 2 is 2.17 bits per heavy atom. The second kappa shape index (κ2) is 6.19. The van der Waals surface area contributed by atoms with Crippen LogP contribution in [0.2, 0.25) is 0 Å². The fourth-order valence-corrected chi connectivity index (χ4v) is 2.64. The van der Waals surface area contributed by atoms with Gasteiger partial charge in [-0.25, -0.2) is 0 Å². The largest absolute Gasteiger partial charge is 0.306 e. The number of nitrogens with one attached hydrogen (secondary N) is 1. The monoisotopic (exact) mass is 247 g/mol.